The van der Waals surface area contributed by atoms with E-state index in [0.29, 0.717) is 27.1 Å². The van der Waals surface area contributed by atoms with E-state index in [1.165, 1.54) is 12.3 Å². The Morgan fingerprint density at radius 1 is 1.10 bits per heavy atom. The molecule has 7 heteroatoms. The van der Waals surface area contributed by atoms with Crippen LogP contribution >= 0.6 is 15.9 Å². The number of rotatable bonds is 6. The highest BCUT2D eigenvalue weighted by Crippen LogP contribution is 2.20. The highest BCUT2D eigenvalue weighted by Gasteiger charge is 2.12. The molecule has 0 unspecified atom stereocenters. The number of esters is 1. The molecule has 0 saturated heterocycles. The molecule has 0 bridgehead atoms. The average Bonchev–Trinajstić information content (AvgIpc) is 3.25. The number of carbonyl (C=O) groups is 2. The van der Waals surface area contributed by atoms with Crippen molar-refractivity contribution in [2.24, 2.45) is 0 Å². The Morgan fingerprint density at radius 2 is 1.86 bits per heavy atom. The van der Waals surface area contributed by atoms with Crippen LogP contribution in [0.4, 0.5) is 0 Å². The van der Waals surface area contributed by atoms with Crippen LogP contribution in [0.5, 0.6) is 5.75 Å². The normalized spacial score (nSPS) is 10.8. The van der Waals surface area contributed by atoms with Crippen molar-refractivity contribution in [2.75, 3.05) is 0 Å². The second-order valence-corrected chi connectivity index (χ2v) is 6.72. The van der Waals surface area contributed by atoms with Crippen LogP contribution in [0, 0.1) is 11.3 Å². The van der Waals surface area contributed by atoms with E-state index in [0.717, 1.165) is 0 Å². The van der Waals surface area contributed by atoms with Crippen molar-refractivity contribution in [3.63, 3.8) is 0 Å². The van der Waals surface area contributed by atoms with Gasteiger partial charge in [-0.15, -0.1) is 0 Å². The van der Waals surface area contributed by atoms with Crippen LogP contribution in [0.15, 0.2) is 81.4 Å². The molecule has 0 atom stereocenters. The van der Waals surface area contributed by atoms with Crippen molar-refractivity contribution in [1.82, 2.24) is 5.32 Å². The van der Waals surface area contributed by atoms with Gasteiger partial charge in [0.05, 0.1) is 18.4 Å². The maximum Gasteiger partial charge on any atom is 0.344 e. The summed E-state index contributed by atoms with van der Waals surface area (Å²) in [6, 6.07) is 18.8. The summed E-state index contributed by atoms with van der Waals surface area (Å²) in [5.74, 6) is -0.0559. The molecule has 0 spiro atoms. The van der Waals surface area contributed by atoms with E-state index in [1.807, 2.05) is 6.07 Å². The second kappa shape index (κ2) is 9.53. The highest BCUT2D eigenvalue weighted by atomic mass is 79.9. The van der Waals surface area contributed by atoms with Crippen LogP contribution < -0.4 is 10.1 Å². The van der Waals surface area contributed by atoms with Gasteiger partial charge in [0, 0.05) is 4.47 Å². The summed E-state index contributed by atoms with van der Waals surface area (Å²) in [5.41, 5.74) is 0.987. The largest absolute Gasteiger partial charge is 0.467 e. The van der Waals surface area contributed by atoms with Crippen LogP contribution in [-0.2, 0) is 11.3 Å². The summed E-state index contributed by atoms with van der Waals surface area (Å²) in [6.45, 7) is 0.189. The van der Waals surface area contributed by atoms with Crippen molar-refractivity contribution < 1.29 is 18.7 Å². The van der Waals surface area contributed by atoms with Gasteiger partial charge in [-0.05, 0) is 64.0 Å². The predicted molar refractivity (Wildman–Crippen MR) is 110 cm³/mol. The molecule has 1 amide bonds. The van der Waals surface area contributed by atoms with Gasteiger partial charge in [-0.3, -0.25) is 4.79 Å². The number of amides is 1. The number of nitriles is 1. The number of carbonyl (C=O) groups excluding carboxylic acids is 2. The van der Waals surface area contributed by atoms with Crippen LogP contribution in [0.1, 0.15) is 21.7 Å². The first-order valence-electron chi connectivity index (χ1n) is 8.56. The van der Waals surface area contributed by atoms with Crippen molar-refractivity contribution >= 4 is 33.9 Å². The van der Waals surface area contributed by atoms with Crippen molar-refractivity contribution in [3.8, 4) is 11.8 Å². The third kappa shape index (κ3) is 5.43. The van der Waals surface area contributed by atoms with E-state index < -0.39 is 11.9 Å². The Morgan fingerprint density at radius 3 is 2.52 bits per heavy atom. The van der Waals surface area contributed by atoms with Crippen LogP contribution in [0.25, 0.3) is 6.08 Å². The Labute approximate surface area is 175 Å². The Bertz CT molecular complexity index is 1080. The van der Waals surface area contributed by atoms with E-state index in [1.54, 1.807) is 60.7 Å². The number of hydrogen-bond donors (Lipinski definition) is 1. The van der Waals surface area contributed by atoms with Crippen LogP contribution in [0.3, 0.4) is 0 Å². The molecule has 1 aromatic heterocycles. The zero-order valence-corrected chi connectivity index (χ0v) is 16.7. The molecule has 0 radical (unpaired) electrons. The summed E-state index contributed by atoms with van der Waals surface area (Å²) < 4.78 is 11.1. The summed E-state index contributed by atoms with van der Waals surface area (Å²) in [7, 11) is 0. The molecule has 0 aliphatic carbocycles. The van der Waals surface area contributed by atoms with Gasteiger partial charge in [-0.2, -0.15) is 5.26 Å². The summed E-state index contributed by atoms with van der Waals surface area (Å²) in [4.78, 5) is 24.4. The molecule has 0 fully saturated rings. The number of nitrogens with zero attached hydrogens (tertiary/aromatic N) is 1. The van der Waals surface area contributed by atoms with Gasteiger partial charge >= 0.3 is 5.97 Å². The maximum atomic E-state index is 12.2. The second-order valence-electron chi connectivity index (χ2n) is 5.87. The maximum absolute atomic E-state index is 12.2. The molecule has 1 N–H and O–H groups in total. The summed E-state index contributed by atoms with van der Waals surface area (Å²) in [6.07, 6.45) is 2.96. The molecule has 0 saturated carbocycles. The number of nitrogens with one attached hydrogen (secondary N) is 1. The monoisotopic (exact) mass is 450 g/mol. The standard InChI is InChI=1S/C22H15BrN2O4/c23-20-6-2-1-5-19(20)22(27)29-17-9-7-15(8-10-17)12-16(13-24)21(26)25-14-18-4-3-11-28-18/h1-12H,14H2,(H,25,26)/b16-12-. The van der Waals surface area contributed by atoms with Crippen molar-refractivity contribution in [3.05, 3.63) is 93.9 Å². The average molecular weight is 451 g/mol. The van der Waals surface area contributed by atoms with Gasteiger partial charge in [0.2, 0.25) is 0 Å². The van der Waals surface area contributed by atoms with Crippen molar-refractivity contribution in [2.45, 2.75) is 6.54 Å². The fraction of sp³-hybridized carbons (Fsp3) is 0.0455. The molecule has 1 heterocycles. The zero-order chi connectivity index (χ0) is 20.6. The van der Waals surface area contributed by atoms with Gasteiger partial charge < -0.3 is 14.5 Å². The van der Waals surface area contributed by atoms with E-state index >= 15 is 0 Å². The van der Waals surface area contributed by atoms with E-state index in [9.17, 15) is 14.9 Å². The fourth-order valence-electron chi connectivity index (χ4n) is 2.41. The minimum absolute atomic E-state index is 0.0467. The first-order chi connectivity index (χ1) is 14.1. The van der Waals surface area contributed by atoms with E-state index in [4.69, 9.17) is 9.15 Å². The number of hydrogen-bond acceptors (Lipinski definition) is 5. The number of halogens is 1. The highest BCUT2D eigenvalue weighted by molar-refractivity contribution is 9.10. The number of ether oxygens (including phenoxy) is 1. The van der Waals surface area contributed by atoms with Crippen molar-refractivity contribution in [1.29, 1.82) is 5.26 Å². The molecule has 3 aromatic rings. The number of furan rings is 1. The minimum atomic E-state index is -0.506. The van der Waals surface area contributed by atoms with Gasteiger partial charge in [-0.25, -0.2) is 4.79 Å². The Hall–Kier alpha value is -3.63. The minimum Gasteiger partial charge on any atom is -0.467 e. The van der Waals surface area contributed by atoms with E-state index in [-0.39, 0.29) is 12.1 Å². The molecular weight excluding hydrogens is 436 g/mol. The zero-order valence-electron chi connectivity index (χ0n) is 15.1. The van der Waals surface area contributed by atoms with Crippen LogP contribution in [0.2, 0.25) is 0 Å². The molecule has 144 valence electrons. The van der Waals surface area contributed by atoms with E-state index in [2.05, 4.69) is 21.2 Å². The number of benzene rings is 2. The summed E-state index contributed by atoms with van der Waals surface area (Å²) in [5, 5.41) is 11.9. The third-order valence-corrected chi connectivity index (χ3v) is 4.56. The topological polar surface area (TPSA) is 92.3 Å². The smallest absolute Gasteiger partial charge is 0.344 e. The van der Waals surface area contributed by atoms with Gasteiger partial charge in [0.1, 0.15) is 23.2 Å². The fourth-order valence-corrected chi connectivity index (χ4v) is 2.86. The first-order valence-corrected chi connectivity index (χ1v) is 9.35. The molecule has 2 aromatic carbocycles. The lowest BCUT2D eigenvalue weighted by Crippen LogP contribution is -2.23. The lowest BCUT2D eigenvalue weighted by molar-refractivity contribution is -0.117. The quantitative estimate of drug-likeness (QED) is 0.258. The van der Waals surface area contributed by atoms with Gasteiger partial charge in [0.15, 0.2) is 0 Å². The Kier molecular flexibility index (Phi) is 6.61. The molecular formula is C22H15BrN2O4. The lowest BCUT2D eigenvalue weighted by atomic mass is 10.1. The van der Waals surface area contributed by atoms with Gasteiger partial charge in [-0.1, -0.05) is 24.3 Å². The molecule has 0 aliphatic rings. The van der Waals surface area contributed by atoms with Gasteiger partial charge in [0.25, 0.3) is 5.91 Å². The molecule has 0 aliphatic heterocycles. The van der Waals surface area contributed by atoms with Crippen LogP contribution in [-0.4, -0.2) is 11.9 Å². The summed E-state index contributed by atoms with van der Waals surface area (Å²) >= 11 is 3.31. The SMILES string of the molecule is N#C/C(=C/c1ccc(OC(=O)c2ccccc2Br)cc1)C(=O)NCc1ccco1. The lowest BCUT2D eigenvalue weighted by Gasteiger charge is -2.06. The third-order valence-electron chi connectivity index (χ3n) is 3.86. The predicted octanol–water partition coefficient (Wildman–Crippen LogP) is 4.48. The first kappa shape index (κ1) is 20.1. The molecule has 29 heavy (non-hydrogen) atoms. The Balaban J connectivity index is 1.65. The molecule has 3 rings (SSSR count). The molecule has 6 nitrogen and oxygen atoms in total.